The van der Waals surface area contributed by atoms with Crippen LogP contribution < -0.4 is 14.9 Å². The predicted octanol–water partition coefficient (Wildman–Crippen LogP) is 6.36. The van der Waals surface area contributed by atoms with E-state index in [4.69, 9.17) is 32.7 Å². The molecule has 0 amide bonds. The lowest BCUT2D eigenvalue weighted by molar-refractivity contribution is 0.323. The van der Waals surface area contributed by atoms with Crippen molar-refractivity contribution in [3.05, 3.63) is 57.4 Å². The maximum atomic E-state index is 6.25. The van der Waals surface area contributed by atoms with Gasteiger partial charge in [0.1, 0.15) is 11.5 Å². The first-order valence-electron chi connectivity index (χ1n) is 8.70. The van der Waals surface area contributed by atoms with Gasteiger partial charge >= 0.3 is 0 Å². The highest BCUT2D eigenvalue weighted by molar-refractivity contribution is 7.14. The van der Waals surface area contributed by atoms with E-state index in [0.717, 1.165) is 22.6 Å². The van der Waals surface area contributed by atoms with Crippen LogP contribution in [-0.2, 0) is 0 Å². The second kappa shape index (κ2) is 9.78. The van der Waals surface area contributed by atoms with Gasteiger partial charge in [-0.15, -0.1) is 11.3 Å². The zero-order valence-electron chi connectivity index (χ0n) is 15.4. The summed E-state index contributed by atoms with van der Waals surface area (Å²) in [4.78, 5) is 4.51. The first-order valence-corrected chi connectivity index (χ1v) is 10.3. The number of anilines is 1. The standard InChI is InChI=1S/C20H19Cl2N3O2S/c1-3-26-15-7-5-13(19(10-15)27-4-2)11-23-25-20-24-18(12-28-20)16-8-6-14(21)9-17(16)22/h5-12H,3-4H2,1-2H3,(H,24,25)/b23-11-. The molecule has 28 heavy (non-hydrogen) atoms. The molecular formula is C20H19Cl2N3O2S. The molecule has 1 N–H and O–H groups in total. The summed E-state index contributed by atoms with van der Waals surface area (Å²) in [5.41, 5.74) is 5.37. The highest BCUT2D eigenvalue weighted by Crippen LogP contribution is 2.32. The molecule has 0 spiro atoms. The van der Waals surface area contributed by atoms with Crippen LogP contribution in [-0.4, -0.2) is 24.4 Å². The van der Waals surface area contributed by atoms with Crippen LogP contribution >= 0.6 is 34.5 Å². The third-order valence-corrected chi connectivity index (χ3v) is 4.97. The van der Waals surface area contributed by atoms with Crippen molar-refractivity contribution in [3.8, 4) is 22.8 Å². The molecule has 0 atom stereocenters. The number of hydrogen-bond acceptors (Lipinski definition) is 6. The maximum absolute atomic E-state index is 6.25. The van der Waals surface area contributed by atoms with Crippen molar-refractivity contribution in [2.75, 3.05) is 18.6 Å². The first kappa shape index (κ1) is 20.5. The third-order valence-electron chi connectivity index (χ3n) is 3.67. The van der Waals surface area contributed by atoms with Gasteiger partial charge in [0.15, 0.2) is 0 Å². The number of aromatic nitrogens is 1. The highest BCUT2D eigenvalue weighted by atomic mass is 35.5. The highest BCUT2D eigenvalue weighted by Gasteiger charge is 2.09. The van der Waals surface area contributed by atoms with Crippen LogP contribution in [0.5, 0.6) is 11.5 Å². The van der Waals surface area contributed by atoms with Crippen LogP contribution in [0.1, 0.15) is 19.4 Å². The minimum atomic E-state index is 0.557. The molecule has 0 fully saturated rings. The number of benzene rings is 2. The van der Waals surface area contributed by atoms with Gasteiger partial charge in [0, 0.05) is 27.6 Å². The Labute approximate surface area is 177 Å². The largest absolute Gasteiger partial charge is 0.494 e. The number of thiazole rings is 1. The molecule has 0 saturated heterocycles. The molecule has 146 valence electrons. The van der Waals surface area contributed by atoms with E-state index in [0.29, 0.717) is 34.1 Å². The van der Waals surface area contributed by atoms with Gasteiger partial charge < -0.3 is 9.47 Å². The van der Waals surface area contributed by atoms with Gasteiger partial charge in [-0.1, -0.05) is 23.2 Å². The maximum Gasteiger partial charge on any atom is 0.203 e. The van der Waals surface area contributed by atoms with Crippen molar-refractivity contribution < 1.29 is 9.47 Å². The molecule has 3 aromatic rings. The summed E-state index contributed by atoms with van der Waals surface area (Å²) in [6, 6.07) is 11.0. The molecule has 0 bridgehead atoms. The average molecular weight is 436 g/mol. The minimum absolute atomic E-state index is 0.557. The zero-order valence-corrected chi connectivity index (χ0v) is 17.7. The molecule has 0 aliphatic carbocycles. The summed E-state index contributed by atoms with van der Waals surface area (Å²) in [6.45, 7) is 5.04. The van der Waals surface area contributed by atoms with E-state index >= 15 is 0 Å². The van der Waals surface area contributed by atoms with Gasteiger partial charge in [-0.25, -0.2) is 4.98 Å². The van der Waals surface area contributed by atoms with E-state index in [9.17, 15) is 0 Å². The molecule has 0 saturated carbocycles. The second-order valence-electron chi connectivity index (χ2n) is 5.60. The molecule has 0 aliphatic rings. The van der Waals surface area contributed by atoms with Gasteiger partial charge in [-0.05, 0) is 44.2 Å². The average Bonchev–Trinajstić information content (AvgIpc) is 3.12. The summed E-state index contributed by atoms with van der Waals surface area (Å²) in [5.74, 6) is 1.48. The Morgan fingerprint density at radius 2 is 1.93 bits per heavy atom. The van der Waals surface area contributed by atoms with Crippen LogP contribution in [0.3, 0.4) is 0 Å². The number of nitrogens with zero attached hydrogens (tertiary/aromatic N) is 2. The van der Waals surface area contributed by atoms with Crippen molar-refractivity contribution in [1.82, 2.24) is 4.98 Å². The molecule has 1 aromatic heterocycles. The first-order chi connectivity index (χ1) is 13.6. The Balaban J connectivity index is 1.72. The molecule has 2 aromatic carbocycles. The normalized spacial score (nSPS) is 11.0. The Bertz CT molecular complexity index is 976. The summed E-state index contributed by atoms with van der Waals surface area (Å²) in [6.07, 6.45) is 1.69. The smallest absolute Gasteiger partial charge is 0.203 e. The number of hydrazone groups is 1. The fourth-order valence-electron chi connectivity index (χ4n) is 2.46. The minimum Gasteiger partial charge on any atom is -0.494 e. The number of halogens is 2. The molecule has 5 nitrogen and oxygen atoms in total. The van der Waals surface area contributed by atoms with Crippen LogP contribution in [0.2, 0.25) is 10.0 Å². The van der Waals surface area contributed by atoms with Crippen LogP contribution in [0.25, 0.3) is 11.3 Å². The van der Waals surface area contributed by atoms with Crippen LogP contribution in [0.15, 0.2) is 46.9 Å². The van der Waals surface area contributed by atoms with Crippen molar-refractivity contribution in [3.63, 3.8) is 0 Å². The molecule has 0 radical (unpaired) electrons. The molecule has 0 unspecified atom stereocenters. The van der Waals surface area contributed by atoms with Crippen molar-refractivity contribution in [2.45, 2.75) is 13.8 Å². The fourth-order valence-corrected chi connectivity index (χ4v) is 3.63. The molecule has 0 aliphatic heterocycles. The van der Waals surface area contributed by atoms with Gasteiger partial charge in [-0.3, -0.25) is 5.43 Å². The zero-order chi connectivity index (χ0) is 19.9. The van der Waals surface area contributed by atoms with Gasteiger partial charge in [-0.2, -0.15) is 5.10 Å². The number of hydrogen-bond donors (Lipinski definition) is 1. The van der Waals surface area contributed by atoms with Crippen molar-refractivity contribution in [1.29, 1.82) is 0 Å². The summed E-state index contributed by atoms with van der Waals surface area (Å²) in [7, 11) is 0. The second-order valence-corrected chi connectivity index (χ2v) is 7.30. The molecule has 3 rings (SSSR count). The quantitative estimate of drug-likeness (QED) is 0.330. The summed E-state index contributed by atoms with van der Waals surface area (Å²) < 4.78 is 11.2. The Kier molecular flexibility index (Phi) is 7.14. The van der Waals surface area contributed by atoms with E-state index in [1.54, 1.807) is 18.3 Å². The van der Waals surface area contributed by atoms with Crippen LogP contribution in [0, 0.1) is 0 Å². The third kappa shape index (κ3) is 5.16. The number of nitrogens with one attached hydrogen (secondary N) is 1. The molecular weight excluding hydrogens is 417 g/mol. The lowest BCUT2D eigenvalue weighted by Crippen LogP contribution is -1.99. The number of rotatable bonds is 8. The predicted molar refractivity (Wildman–Crippen MR) is 118 cm³/mol. The van der Waals surface area contributed by atoms with E-state index in [1.165, 1.54) is 11.3 Å². The summed E-state index contributed by atoms with van der Waals surface area (Å²) >= 11 is 13.6. The lowest BCUT2D eigenvalue weighted by atomic mass is 10.2. The Morgan fingerprint density at radius 3 is 2.68 bits per heavy atom. The Morgan fingerprint density at radius 1 is 1.11 bits per heavy atom. The van der Waals surface area contributed by atoms with Gasteiger partial charge in [0.2, 0.25) is 5.13 Å². The van der Waals surface area contributed by atoms with Gasteiger partial charge in [0.05, 0.1) is 30.1 Å². The van der Waals surface area contributed by atoms with E-state index in [2.05, 4.69) is 15.5 Å². The monoisotopic (exact) mass is 435 g/mol. The summed E-state index contributed by atoms with van der Waals surface area (Å²) in [5, 5.41) is 7.99. The van der Waals surface area contributed by atoms with Gasteiger partial charge in [0.25, 0.3) is 0 Å². The number of ether oxygens (including phenoxy) is 2. The van der Waals surface area contributed by atoms with E-state index < -0.39 is 0 Å². The lowest BCUT2D eigenvalue weighted by Gasteiger charge is -2.09. The molecule has 1 heterocycles. The van der Waals surface area contributed by atoms with E-state index in [-0.39, 0.29) is 0 Å². The van der Waals surface area contributed by atoms with Crippen LogP contribution in [0.4, 0.5) is 5.13 Å². The molecule has 8 heteroatoms. The fraction of sp³-hybridized carbons (Fsp3) is 0.200. The Hall–Kier alpha value is -2.28. The topological polar surface area (TPSA) is 55.7 Å². The van der Waals surface area contributed by atoms with E-state index in [1.807, 2.05) is 43.5 Å². The van der Waals surface area contributed by atoms with Crippen molar-refractivity contribution >= 4 is 45.9 Å². The van der Waals surface area contributed by atoms with Crippen molar-refractivity contribution in [2.24, 2.45) is 5.10 Å². The SMILES string of the molecule is CCOc1ccc(/C=N\Nc2nc(-c3ccc(Cl)cc3Cl)cs2)c(OCC)c1.